The van der Waals surface area contributed by atoms with Gasteiger partial charge in [-0.05, 0) is 35.0 Å². The summed E-state index contributed by atoms with van der Waals surface area (Å²) in [7, 11) is 0. The van der Waals surface area contributed by atoms with Crippen molar-refractivity contribution in [2.24, 2.45) is 0 Å². The van der Waals surface area contributed by atoms with Crippen LogP contribution in [0, 0.1) is 0 Å². The van der Waals surface area contributed by atoms with Crippen LogP contribution in [0.4, 0.5) is 0 Å². The van der Waals surface area contributed by atoms with Crippen LogP contribution in [0.2, 0.25) is 0 Å². The Labute approximate surface area is 119 Å². The Hall–Kier alpha value is -1.33. The molecular formula is C14H15BrN2O2. The second-order valence-electron chi connectivity index (χ2n) is 4.88. The Morgan fingerprint density at radius 2 is 2.37 bits per heavy atom. The summed E-state index contributed by atoms with van der Waals surface area (Å²) in [5, 5.41) is 4.27. The van der Waals surface area contributed by atoms with Gasteiger partial charge in [-0.15, -0.1) is 0 Å². The van der Waals surface area contributed by atoms with Gasteiger partial charge in [0.15, 0.2) is 5.76 Å². The van der Waals surface area contributed by atoms with Crippen molar-refractivity contribution in [3.8, 4) is 0 Å². The summed E-state index contributed by atoms with van der Waals surface area (Å²) >= 11 is 3.44. The van der Waals surface area contributed by atoms with Crippen LogP contribution in [0.3, 0.4) is 0 Å². The highest BCUT2D eigenvalue weighted by atomic mass is 79.9. The number of halogens is 1. The molecule has 1 saturated heterocycles. The first-order chi connectivity index (χ1) is 9.15. The molecule has 5 heteroatoms. The standard InChI is InChI=1S/C14H15BrN2O2/c1-9-8-17(6-5-16-9)14(18)12-7-10-3-2-4-11(15)13(10)19-12/h2-4,7,9,16H,5-6,8H2,1H3. The van der Waals surface area contributed by atoms with Gasteiger partial charge in [-0.1, -0.05) is 12.1 Å². The van der Waals surface area contributed by atoms with Crippen molar-refractivity contribution in [3.63, 3.8) is 0 Å². The van der Waals surface area contributed by atoms with Gasteiger partial charge in [0.1, 0.15) is 5.58 Å². The normalized spacial score (nSPS) is 19.9. The highest BCUT2D eigenvalue weighted by molar-refractivity contribution is 9.10. The molecule has 0 spiro atoms. The predicted molar refractivity (Wildman–Crippen MR) is 77.3 cm³/mol. The highest BCUT2D eigenvalue weighted by Gasteiger charge is 2.24. The van der Waals surface area contributed by atoms with Crippen LogP contribution in [0.1, 0.15) is 17.5 Å². The smallest absolute Gasteiger partial charge is 0.289 e. The molecule has 1 amide bonds. The zero-order valence-electron chi connectivity index (χ0n) is 10.6. The van der Waals surface area contributed by atoms with Crippen LogP contribution in [-0.2, 0) is 0 Å². The molecule has 2 aromatic rings. The molecule has 4 nitrogen and oxygen atoms in total. The summed E-state index contributed by atoms with van der Waals surface area (Å²) in [4.78, 5) is 14.3. The van der Waals surface area contributed by atoms with E-state index in [1.165, 1.54) is 0 Å². The maximum Gasteiger partial charge on any atom is 0.289 e. The van der Waals surface area contributed by atoms with Crippen molar-refractivity contribution in [2.45, 2.75) is 13.0 Å². The van der Waals surface area contributed by atoms with E-state index < -0.39 is 0 Å². The van der Waals surface area contributed by atoms with Gasteiger partial charge in [-0.3, -0.25) is 4.79 Å². The van der Waals surface area contributed by atoms with Gasteiger partial charge in [0.2, 0.25) is 0 Å². The number of hydrogen-bond acceptors (Lipinski definition) is 3. The van der Waals surface area contributed by atoms with E-state index in [-0.39, 0.29) is 5.91 Å². The fourth-order valence-corrected chi connectivity index (χ4v) is 2.87. The first-order valence-corrected chi connectivity index (χ1v) is 7.15. The Morgan fingerprint density at radius 3 is 3.11 bits per heavy atom. The number of rotatable bonds is 1. The lowest BCUT2D eigenvalue weighted by Crippen LogP contribution is -2.51. The number of carbonyl (C=O) groups excluding carboxylic acids is 1. The minimum Gasteiger partial charge on any atom is -0.450 e. The number of benzene rings is 1. The molecule has 1 N–H and O–H groups in total. The van der Waals surface area contributed by atoms with Crippen molar-refractivity contribution in [1.82, 2.24) is 10.2 Å². The van der Waals surface area contributed by atoms with Crippen molar-refractivity contribution < 1.29 is 9.21 Å². The van der Waals surface area contributed by atoms with Gasteiger partial charge in [0, 0.05) is 31.1 Å². The molecule has 1 aliphatic rings. The lowest BCUT2D eigenvalue weighted by Gasteiger charge is -2.31. The summed E-state index contributed by atoms with van der Waals surface area (Å²) < 4.78 is 6.56. The Bertz CT molecular complexity index is 623. The molecule has 1 fully saturated rings. The molecule has 0 radical (unpaired) electrons. The van der Waals surface area contributed by atoms with Crippen LogP contribution in [0.5, 0.6) is 0 Å². The van der Waals surface area contributed by atoms with Crippen molar-refractivity contribution in [1.29, 1.82) is 0 Å². The van der Waals surface area contributed by atoms with E-state index in [2.05, 4.69) is 28.2 Å². The summed E-state index contributed by atoms with van der Waals surface area (Å²) in [5.74, 6) is 0.382. The maximum atomic E-state index is 12.4. The molecule has 100 valence electrons. The van der Waals surface area contributed by atoms with E-state index in [4.69, 9.17) is 4.42 Å². The summed E-state index contributed by atoms with van der Waals surface area (Å²) in [6, 6.07) is 7.93. The third-order valence-corrected chi connectivity index (χ3v) is 3.99. The number of piperazine rings is 1. The molecule has 1 atom stereocenters. The molecule has 19 heavy (non-hydrogen) atoms. The number of nitrogens with one attached hydrogen (secondary N) is 1. The van der Waals surface area contributed by atoms with Crippen LogP contribution in [-0.4, -0.2) is 36.5 Å². The second-order valence-corrected chi connectivity index (χ2v) is 5.73. The molecule has 2 heterocycles. The van der Waals surface area contributed by atoms with Gasteiger partial charge < -0.3 is 14.6 Å². The van der Waals surface area contributed by atoms with E-state index in [0.717, 1.165) is 35.1 Å². The zero-order chi connectivity index (χ0) is 13.4. The summed E-state index contributed by atoms with van der Waals surface area (Å²) in [6.45, 7) is 4.35. The molecular weight excluding hydrogens is 308 g/mol. The number of furan rings is 1. The Morgan fingerprint density at radius 1 is 1.53 bits per heavy atom. The van der Waals surface area contributed by atoms with Crippen molar-refractivity contribution in [3.05, 3.63) is 34.5 Å². The fraction of sp³-hybridized carbons (Fsp3) is 0.357. The number of carbonyl (C=O) groups is 1. The molecule has 0 bridgehead atoms. The first kappa shape index (κ1) is 12.7. The van der Waals surface area contributed by atoms with Gasteiger partial charge in [-0.25, -0.2) is 0 Å². The van der Waals surface area contributed by atoms with E-state index in [1.807, 2.05) is 29.2 Å². The van der Waals surface area contributed by atoms with Crippen molar-refractivity contribution in [2.75, 3.05) is 19.6 Å². The molecule has 1 aromatic carbocycles. The average Bonchev–Trinajstić information content (AvgIpc) is 2.83. The number of amides is 1. The third kappa shape index (κ3) is 2.40. The number of nitrogens with zero attached hydrogens (tertiary/aromatic N) is 1. The minimum atomic E-state index is -0.0311. The van der Waals surface area contributed by atoms with Gasteiger partial charge in [-0.2, -0.15) is 0 Å². The van der Waals surface area contributed by atoms with Crippen LogP contribution >= 0.6 is 15.9 Å². The van der Waals surface area contributed by atoms with Gasteiger partial charge in [0.05, 0.1) is 4.47 Å². The average molecular weight is 323 g/mol. The van der Waals surface area contributed by atoms with Crippen LogP contribution in [0.15, 0.2) is 33.2 Å². The highest BCUT2D eigenvalue weighted by Crippen LogP contribution is 2.27. The monoisotopic (exact) mass is 322 g/mol. The van der Waals surface area contributed by atoms with Crippen LogP contribution < -0.4 is 5.32 Å². The molecule has 1 unspecified atom stereocenters. The molecule has 3 rings (SSSR count). The topological polar surface area (TPSA) is 45.5 Å². The van der Waals surface area contributed by atoms with E-state index in [0.29, 0.717) is 11.8 Å². The summed E-state index contributed by atoms with van der Waals surface area (Å²) in [6.07, 6.45) is 0. The number of para-hydroxylation sites is 1. The lowest BCUT2D eigenvalue weighted by atomic mass is 10.2. The summed E-state index contributed by atoms with van der Waals surface area (Å²) in [5.41, 5.74) is 0.731. The molecule has 0 aliphatic carbocycles. The quantitative estimate of drug-likeness (QED) is 0.877. The van der Waals surface area contributed by atoms with Gasteiger partial charge in [0.25, 0.3) is 5.91 Å². The first-order valence-electron chi connectivity index (χ1n) is 6.36. The van der Waals surface area contributed by atoms with E-state index in [1.54, 1.807) is 0 Å². The van der Waals surface area contributed by atoms with Gasteiger partial charge >= 0.3 is 0 Å². The predicted octanol–water partition coefficient (Wildman–Crippen LogP) is 2.63. The fourth-order valence-electron chi connectivity index (χ4n) is 2.41. The molecule has 1 aliphatic heterocycles. The number of fused-ring (bicyclic) bond motifs is 1. The minimum absolute atomic E-state index is 0.0311. The molecule has 0 saturated carbocycles. The lowest BCUT2D eigenvalue weighted by molar-refractivity contribution is 0.0679. The zero-order valence-corrected chi connectivity index (χ0v) is 12.2. The SMILES string of the molecule is CC1CN(C(=O)c2cc3cccc(Br)c3o2)CCN1. The second kappa shape index (κ2) is 4.98. The maximum absolute atomic E-state index is 12.4. The van der Waals surface area contributed by atoms with E-state index >= 15 is 0 Å². The number of hydrogen-bond donors (Lipinski definition) is 1. The Kier molecular flexibility index (Phi) is 3.33. The molecule has 1 aromatic heterocycles. The largest absolute Gasteiger partial charge is 0.450 e. The third-order valence-electron chi connectivity index (χ3n) is 3.36. The van der Waals surface area contributed by atoms with Crippen molar-refractivity contribution >= 4 is 32.8 Å². The Balaban J connectivity index is 1.91. The van der Waals surface area contributed by atoms with Crippen LogP contribution in [0.25, 0.3) is 11.0 Å². The van der Waals surface area contributed by atoms with E-state index in [9.17, 15) is 4.79 Å².